The Morgan fingerprint density at radius 3 is 2.63 bits per heavy atom. The van der Waals surface area contributed by atoms with E-state index in [0.717, 1.165) is 6.07 Å². The highest BCUT2D eigenvalue weighted by Crippen LogP contribution is 2.27. The van der Waals surface area contributed by atoms with Gasteiger partial charge in [0.05, 0.1) is 0 Å². The number of furan rings is 1. The second-order valence-electron chi connectivity index (χ2n) is 3.67. The van der Waals surface area contributed by atoms with E-state index >= 15 is 0 Å². The molecule has 3 nitrogen and oxygen atoms in total. The molecular weight excluding hydrogens is 261 g/mol. The molecule has 0 fully saturated rings. The molecule has 1 aromatic heterocycles. The second-order valence-corrected chi connectivity index (χ2v) is 3.67. The Bertz CT molecular complexity index is 578. The third-order valence-electron chi connectivity index (χ3n) is 2.32. The van der Waals surface area contributed by atoms with Crippen LogP contribution in [0.1, 0.15) is 10.6 Å². The third-order valence-corrected chi connectivity index (χ3v) is 2.32. The van der Waals surface area contributed by atoms with Crippen molar-refractivity contribution < 1.29 is 27.1 Å². The van der Waals surface area contributed by atoms with Gasteiger partial charge in [-0.1, -0.05) is 0 Å². The molecule has 0 saturated heterocycles. The Balaban J connectivity index is 2.20. The summed E-state index contributed by atoms with van der Waals surface area (Å²) in [7, 11) is 0. The van der Waals surface area contributed by atoms with Gasteiger partial charge < -0.3 is 9.15 Å². The highest BCUT2D eigenvalue weighted by atomic mass is 19.3. The molecule has 0 aliphatic carbocycles. The Morgan fingerprint density at radius 1 is 1.26 bits per heavy atom. The van der Waals surface area contributed by atoms with Crippen molar-refractivity contribution in [2.45, 2.75) is 6.43 Å². The minimum atomic E-state index is -2.67. The van der Waals surface area contributed by atoms with E-state index in [2.05, 4.69) is 4.74 Å². The SMILES string of the molecule is O=Cc1ccc(-c2ccc(OCC(F)F)c(F)c2)o1. The molecule has 2 rings (SSSR count). The van der Waals surface area contributed by atoms with E-state index in [4.69, 9.17) is 4.42 Å². The molecule has 0 radical (unpaired) electrons. The molecule has 1 aromatic carbocycles. The molecule has 1 heterocycles. The number of ether oxygens (including phenoxy) is 1. The van der Waals surface area contributed by atoms with Crippen LogP contribution in [0.25, 0.3) is 11.3 Å². The molecule has 0 spiro atoms. The van der Waals surface area contributed by atoms with E-state index in [9.17, 15) is 18.0 Å². The number of benzene rings is 1. The summed E-state index contributed by atoms with van der Waals surface area (Å²) in [6.07, 6.45) is -2.14. The van der Waals surface area contributed by atoms with Gasteiger partial charge in [-0.2, -0.15) is 0 Å². The zero-order valence-electron chi connectivity index (χ0n) is 9.61. The van der Waals surface area contributed by atoms with Crippen LogP contribution in [0.2, 0.25) is 0 Å². The molecule has 0 N–H and O–H groups in total. The Kier molecular flexibility index (Phi) is 3.89. The summed E-state index contributed by atoms with van der Waals surface area (Å²) < 4.78 is 47.2. The van der Waals surface area contributed by atoms with Gasteiger partial charge in [-0.25, -0.2) is 13.2 Å². The summed E-state index contributed by atoms with van der Waals surface area (Å²) in [5.74, 6) is -0.608. The first-order chi connectivity index (χ1) is 9.10. The van der Waals surface area contributed by atoms with Crippen LogP contribution in [0.5, 0.6) is 5.75 Å². The smallest absolute Gasteiger partial charge is 0.272 e. The second kappa shape index (κ2) is 5.60. The first kappa shape index (κ1) is 13.2. The van der Waals surface area contributed by atoms with E-state index in [0.29, 0.717) is 17.6 Å². The van der Waals surface area contributed by atoms with Gasteiger partial charge >= 0.3 is 0 Å². The predicted octanol–water partition coefficient (Wildman–Crippen LogP) is 3.54. The van der Waals surface area contributed by atoms with Crippen LogP contribution in [0, 0.1) is 5.82 Å². The molecule has 0 atom stereocenters. The average molecular weight is 270 g/mol. The van der Waals surface area contributed by atoms with Crippen LogP contribution in [0.3, 0.4) is 0 Å². The van der Waals surface area contributed by atoms with Gasteiger partial charge in [-0.15, -0.1) is 0 Å². The Morgan fingerprint density at radius 2 is 2.05 bits per heavy atom. The number of carbonyl (C=O) groups is 1. The van der Waals surface area contributed by atoms with Gasteiger partial charge in [0, 0.05) is 5.56 Å². The molecule has 6 heteroatoms. The Hall–Kier alpha value is -2.24. The molecule has 19 heavy (non-hydrogen) atoms. The fraction of sp³-hybridized carbons (Fsp3) is 0.154. The summed E-state index contributed by atoms with van der Waals surface area (Å²) in [5.41, 5.74) is 0.384. The topological polar surface area (TPSA) is 39.4 Å². The number of rotatable bonds is 5. The quantitative estimate of drug-likeness (QED) is 0.780. The lowest BCUT2D eigenvalue weighted by Gasteiger charge is -2.07. The minimum absolute atomic E-state index is 0.119. The molecule has 0 amide bonds. The highest BCUT2D eigenvalue weighted by molar-refractivity contribution is 5.72. The molecule has 0 bridgehead atoms. The minimum Gasteiger partial charge on any atom is -0.485 e. The highest BCUT2D eigenvalue weighted by Gasteiger charge is 2.11. The zero-order valence-corrected chi connectivity index (χ0v) is 9.61. The predicted molar refractivity (Wildman–Crippen MR) is 61.0 cm³/mol. The van der Waals surface area contributed by atoms with Crippen LogP contribution in [0.15, 0.2) is 34.7 Å². The van der Waals surface area contributed by atoms with Crippen molar-refractivity contribution in [3.63, 3.8) is 0 Å². The molecule has 0 unspecified atom stereocenters. The molecule has 0 aliphatic rings. The fourth-order valence-electron chi connectivity index (χ4n) is 1.50. The van der Waals surface area contributed by atoms with Crippen molar-refractivity contribution in [3.05, 3.63) is 41.9 Å². The van der Waals surface area contributed by atoms with E-state index in [1.165, 1.54) is 24.3 Å². The number of hydrogen-bond donors (Lipinski definition) is 0. The lowest BCUT2D eigenvalue weighted by molar-refractivity contribution is 0.0799. The maximum atomic E-state index is 13.6. The summed E-state index contributed by atoms with van der Waals surface area (Å²) in [6, 6.07) is 6.74. The van der Waals surface area contributed by atoms with Gasteiger partial charge in [-0.05, 0) is 30.3 Å². The fourth-order valence-corrected chi connectivity index (χ4v) is 1.50. The third kappa shape index (κ3) is 3.15. The maximum absolute atomic E-state index is 13.6. The van der Waals surface area contributed by atoms with Crippen LogP contribution >= 0.6 is 0 Å². The number of aldehydes is 1. The first-order valence-corrected chi connectivity index (χ1v) is 5.36. The largest absolute Gasteiger partial charge is 0.485 e. The lowest BCUT2D eigenvalue weighted by Crippen LogP contribution is -2.07. The van der Waals surface area contributed by atoms with Crippen LogP contribution in [-0.2, 0) is 0 Å². The van der Waals surface area contributed by atoms with Crippen molar-refractivity contribution in [3.8, 4) is 17.1 Å². The number of hydrogen-bond acceptors (Lipinski definition) is 3. The standard InChI is InChI=1S/C13H9F3O3/c14-10-5-8(11-4-2-9(6-17)19-11)1-3-12(10)18-7-13(15)16/h1-6,13H,7H2. The summed E-state index contributed by atoms with van der Waals surface area (Å²) >= 11 is 0. The van der Waals surface area contributed by atoms with Crippen molar-refractivity contribution in [2.75, 3.05) is 6.61 Å². The summed E-state index contributed by atoms with van der Waals surface area (Å²) in [5, 5.41) is 0. The number of alkyl halides is 2. The van der Waals surface area contributed by atoms with Crippen molar-refractivity contribution in [1.82, 2.24) is 0 Å². The maximum Gasteiger partial charge on any atom is 0.272 e. The molecule has 100 valence electrons. The van der Waals surface area contributed by atoms with E-state index in [1.807, 2.05) is 0 Å². The van der Waals surface area contributed by atoms with Gasteiger partial charge in [0.25, 0.3) is 6.43 Å². The number of halogens is 3. The van der Waals surface area contributed by atoms with Crippen LogP contribution in [-0.4, -0.2) is 19.3 Å². The molecule has 2 aromatic rings. The molecule has 0 aliphatic heterocycles. The van der Waals surface area contributed by atoms with Gasteiger partial charge in [0.2, 0.25) is 0 Å². The number of carbonyl (C=O) groups excluding carboxylic acids is 1. The van der Waals surface area contributed by atoms with Gasteiger partial charge in [0.1, 0.15) is 12.4 Å². The van der Waals surface area contributed by atoms with Crippen LogP contribution in [0.4, 0.5) is 13.2 Å². The van der Waals surface area contributed by atoms with Crippen molar-refractivity contribution >= 4 is 6.29 Å². The van der Waals surface area contributed by atoms with E-state index in [-0.39, 0.29) is 11.5 Å². The van der Waals surface area contributed by atoms with E-state index in [1.54, 1.807) is 0 Å². The first-order valence-electron chi connectivity index (χ1n) is 5.36. The van der Waals surface area contributed by atoms with Crippen LogP contribution < -0.4 is 4.74 Å². The molecule has 0 saturated carbocycles. The molecular formula is C13H9F3O3. The summed E-state index contributed by atoms with van der Waals surface area (Å²) in [4.78, 5) is 10.5. The van der Waals surface area contributed by atoms with E-state index < -0.39 is 18.8 Å². The lowest BCUT2D eigenvalue weighted by atomic mass is 10.1. The van der Waals surface area contributed by atoms with Gasteiger partial charge in [0.15, 0.2) is 23.6 Å². The zero-order chi connectivity index (χ0) is 13.8. The Labute approximate surface area is 106 Å². The summed E-state index contributed by atoms with van der Waals surface area (Å²) in [6.45, 7) is -0.869. The average Bonchev–Trinajstić information content (AvgIpc) is 2.85. The van der Waals surface area contributed by atoms with Crippen molar-refractivity contribution in [2.24, 2.45) is 0 Å². The normalized spacial score (nSPS) is 10.7. The monoisotopic (exact) mass is 270 g/mol. The van der Waals surface area contributed by atoms with Crippen molar-refractivity contribution in [1.29, 1.82) is 0 Å². The van der Waals surface area contributed by atoms with Gasteiger partial charge in [-0.3, -0.25) is 4.79 Å².